The molecule has 0 radical (unpaired) electrons. The van der Waals surface area contributed by atoms with Gasteiger partial charge in [0.05, 0.1) is 26.4 Å². The molecule has 0 atom stereocenters. The SMILES string of the molecule is CC=CC(=O)OCCCCCCOc1ccc(C2(c3ccc(OCCCCCCOC(=O)C=CC)cc3)Cc3ccccc3C2)cc1. The van der Waals surface area contributed by atoms with Gasteiger partial charge in [-0.25, -0.2) is 9.59 Å². The van der Waals surface area contributed by atoms with Gasteiger partial charge in [0, 0.05) is 17.6 Å². The highest BCUT2D eigenvalue weighted by Crippen LogP contribution is 2.45. The average molecular weight is 639 g/mol. The predicted octanol–water partition coefficient (Wildman–Crippen LogP) is 8.89. The molecule has 0 N–H and O–H groups in total. The van der Waals surface area contributed by atoms with Crippen LogP contribution in [-0.2, 0) is 37.3 Å². The maximum Gasteiger partial charge on any atom is 0.330 e. The molecule has 0 aromatic heterocycles. The third-order valence-electron chi connectivity index (χ3n) is 8.63. The van der Waals surface area contributed by atoms with Crippen LogP contribution in [0.25, 0.3) is 0 Å². The van der Waals surface area contributed by atoms with E-state index in [4.69, 9.17) is 18.9 Å². The van der Waals surface area contributed by atoms with E-state index in [1.807, 2.05) is 0 Å². The standard InChI is InChI=1S/C41H50O6/c1-3-15-39(42)46-29-13-7-5-11-27-44-37-23-19-35(20-24-37)41(31-33-17-9-10-18-34(33)32-41)36-21-25-38(26-22-36)45-28-12-6-8-14-30-47-40(43)16-4-2/h3-4,9-10,15-26H,5-8,11-14,27-32H2,1-2H3. The fourth-order valence-electron chi connectivity index (χ4n) is 6.14. The molecule has 6 nitrogen and oxygen atoms in total. The van der Waals surface area contributed by atoms with Crippen molar-refractivity contribution in [3.05, 3.63) is 119 Å². The van der Waals surface area contributed by atoms with Crippen molar-refractivity contribution in [2.24, 2.45) is 0 Å². The highest BCUT2D eigenvalue weighted by molar-refractivity contribution is 5.82. The summed E-state index contributed by atoms with van der Waals surface area (Å²) in [6.07, 6.45) is 15.9. The molecule has 250 valence electrons. The van der Waals surface area contributed by atoms with E-state index in [1.165, 1.54) is 34.4 Å². The van der Waals surface area contributed by atoms with E-state index < -0.39 is 0 Å². The van der Waals surface area contributed by atoms with Crippen molar-refractivity contribution >= 4 is 11.9 Å². The first-order chi connectivity index (χ1) is 23.0. The number of carbonyl (C=O) groups excluding carboxylic acids is 2. The van der Waals surface area contributed by atoms with E-state index in [9.17, 15) is 9.59 Å². The molecule has 0 amide bonds. The van der Waals surface area contributed by atoms with E-state index in [-0.39, 0.29) is 17.4 Å². The quantitative estimate of drug-likeness (QED) is 0.0699. The monoisotopic (exact) mass is 638 g/mol. The molecule has 6 heteroatoms. The summed E-state index contributed by atoms with van der Waals surface area (Å²) in [7, 11) is 0. The summed E-state index contributed by atoms with van der Waals surface area (Å²) in [5.74, 6) is 1.23. The van der Waals surface area contributed by atoms with Crippen molar-refractivity contribution in [1.82, 2.24) is 0 Å². The van der Waals surface area contributed by atoms with Crippen molar-refractivity contribution in [1.29, 1.82) is 0 Å². The molecule has 1 aliphatic rings. The van der Waals surface area contributed by atoms with E-state index in [1.54, 1.807) is 26.0 Å². The normalized spacial score (nSPS) is 13.5. The first-order valence-corrected chi connectivity index (χ1v) is 17.2. The van der Waals surface area contributed by atoms with Gasteiger partial charge in [-0.2, -0.15) is 0 Å². The molecular formula is C41H50O6. The minimum absolute atomic E-state index is 0.145. The topological polar surface area (TPSA) is 71.1 Å². The van der Waals surface area contributed by atoms with Crippen LogP contribution >= 0.6 is 0 Å². The Bertz CT molecular complexity index is 1330. The average Bonchev–Trinajstić information content (AvgIpc) is 3.49. The lowest BCUT2D eigenvalue weighted by Gasteiger charge is -2.31. The van der Waals surface area contributed by atoms with Gasteiger partial charge in [-0.05, 0) is 125 Å². The lowest BCUT2D eigenvalue weighted by molar-refractivity contribution is -0.138. The Morgan fingerprint density at radius 3 is 1.32 bits per heavy atom. The van der Waals surface area contributed by atoms with Gasteiger partial charge in [0.2, 0.25) is 0 Å². The number of allylic oxidation sites excluding steroid dienone is 2. The Morgan fingerprint density at radius 2 is 0.936 bits per heavy atom. The maximum absolute atomic E-state index is 11.4. The number of ether oxygens (including phenoxy) is 4. The minimum atomic E-state index is -0.272. The van der Waals surface area contributed by atoms with Crippen LogP contribution in [0.3, 0.4) is 0 Å². The second-order valence-electron chi connectivity index (χ2n) is 12.1. The summed E-state index contributed by atoms with van der Waals surface area (Å²) < 4.78 is 22.4. The zero-order chi connectivity index (χ0) is 33.2. The van der Waals surface area contributed by atoms with Gasteiger partial charge < -0.3 is 18.9 Å². The van der Waals surface area contributed by atoms with E-state index in [2.05, 4.69) is 72.8 Å². The molecule has 0 saturated heterocycles. The van der Waals surface area contributed by atoms with Crippen molar-refractivity contribution in [2.75, 3.05) is 26.4 Å². The Hall–Kier alpha value is -4.32. The molecule has 0 bridgehead atoms. The number of esters is 2. The fraction of sp³-hybridized carbons (Fsp3) is 0.415. The summed E-state index contributed by atoms with van der Waals surface area (Å²) in [6, 6.07) is 26.1. The highest BCUT2D eigenvalue weighted by Gasteiger charge is 2.40. The number of fused-ring (bicyclic) bond motifs is 1. The van der Waals surface area contributed by atoms with Crippen LogP contribution < -0.4 is 9.47 Å². The smallest absolute Gasteiger partial charge is 0.330 e. The van der Waals surface area contributed by atoms with Crippen LogP contribution in [0.2, 0.25) is 0 Å². The van der Waals surface area contributed by atoms with E-state index in [0.717, 1.165) is 75.7 Å². The number of hydrogen-bond donors (Lipinski definition) is 0. The summed E-state index contributed by atoms with van der Waals surface area (Å²) in [5, 5.41) is 0. The first kappa shape index (κ1) is 35.5. The first-order valence-electron chi connectivity index (χ1n) is 17.2. The van der Waals surface area contributed by atoms with Crippen LogP contribution in [0.4, 0.5) is 0 Å². The summed E-state index contributed by atoms with van der Waals surface area (Å²) in [6.45, 7) is 5.88. The van der Waals surface area contributed by atoms with Gasteiger partial charge in [-0.1, -0.05) is 60.7 Å². The van der Waals surface area contributed by atoms with Crippen LogP contribution in [0, 0.1) is 0 Å². The van der Waals surface area contributed by atoms with Gasteiger partial charge in [0.1, 0.15) is 11.5 Å². The van der Waals surface area contributed by atoms with Crippen molar-refractivity contribution < 1.29 is 28.5 Å². The van der Waals surface area contributed by atoms with Crippen molar-refractivity contribution in [2.45, 2.75) is 83.5 Å². The second kappa shape index (κ2) is 19.4. The van der Waals surface area contributed by atoms with Crippen molar-refractivity contribution in [3.63, 3.8) is 0 Å². The molecule has 0 saturated carbocycles. The third-order valence-corrected chi connectivity index (χ3v) is 8.63. The van der Waals surface area contributed by atoms with Gasteiger partial charge in [-0.3, -0.25) is 0 Å². The fourth-order valence-corrected chi connectivity index (χ4v) is 6.14. The van der Waals surface area contributed by atoms with Gasteiger partial charge in [-0.15, -0.1) is 0 Å². The van der Waals surface area contributed by atoms with Gasteiger partial charge in [0.25, 0.3) is 0 Å². The second-order valence-corrected chi connectivity index (χ2v) is 12.1. The molecule has 47 heavy (non-hydrogen) atoms. The zero-order valence-electron chi connectivity index (χ0n) is 28.1. The minimum Gasteiger partial charge on any atom is -0.494 e. The molecule has 0 spiro atoms. The zero-order valence-corrected chi connectivity index (χ0v) is 28.1. The number of hydrogen-bond acceptors (Lipinski definition) is 6. The molecule has 3 aromatic carbocycles. The third kappa shape index (κ3) is 11.2. The Labute approximate surface area is 280 Å². The summed E-state index contributed by atoms with van der Waals surface area (Å²) in [4.78, 5) is 22.7. The van der Waals surface area contributed by atoms with Gasteiger partial charge in [0.15, 0.2) is 0 Å². The molecule has 0 unspecified atom stereocenters. The van der Waals surface area contributed by atoms with Crippen LogP contribution in [0.1, 0.15) is 87.5 Å². The molecule has 0 heterocycles. The Kier molecular flexibility index (Phi) is 14.6. The summed E-state index contributed by atoms with van der Waals surface area (Å²) in [5.41, 5.74) is 5.24. The van der Waals surface area contributed by atoms with Gasteiger partial charge >= 0.3 is 11.9 Å². The maximum atomic E-state index is 11.4. The Balaban J connectivity index is 1.26. The van der Waals surface area contributed by atoms with Crippen molar-refractivity contribution in [3.8, 4) is 11.5 Å². The van der Waals surface area contributed by atoms with Crippen LogP contribution in [0.5, 0.6) is 11.5 Å². The number of carbonyl (C=O) groups is 2. The predicted molar refractivity (Wildman–Crippen MR) is 187 cm³/mol. The molecular weight excluding hydrogens is 588 g/mol. The molecule has 0 fully saturated rings. The van der Waals surface area contributed by atoms with Crippen LogP contribution in [0.15, 0.2) is 97.1 Å². The molecule has 4 rings (SSSR count). The largest absolute Gasteiger partial charge is 0.494 e. The van der Waals surface area contributed by atoms with E-state index in [0.29, 0.717) is 26.4 Å². The highest BCUT2D eigenvalue weighted by atomic mass is 16.5. The lowest BCUT2D eigenvalue weighted by atomic mass is 9.72. The lowest BCUT2D eigenvalue weighted by Crippen LogP contribution is -2.28. The van der Waals surface area contributed by atoms with E-state index >= 15 is 0 Å². The molecule has 1 aliphatic carbocycles. The van der Waals surface area contributed by atoms with Crippen LogP contribution in [-0.4, -0.2) is 38.4 Å². The number of unbranched alkanes of at least 4 members (excludes halogenated alkanes) is 6. The number of benzene rings is 3. The Morgan fingerprint density at radius 1 is 0.553 bits per heavy atom. The molecule has 0 aliphatic heterocycles. The summed E-state index contributed by atoms with van der Waals surface area (Å²) >= 11 is 0. The molecule has 3 aromatic rings. The number of rotatable bonds is 20.